The number of aromatic nitrogens is 1. The number of nitrogens with two attached hydrogens (primary N) is 1. The number of benzene rings is 1. The molecule has 174 valence electrons. The van der Waals surface area contributed by atoms with Crippen molar-refractivity contribution in [3.05, 3.63) is 58.0 Å². The third-order valence-electron chi connectivity index (χ3n) is 5.94. The number of rotatable bonds is 5. The van der Waals surface area contributed by atoms with Crippen molar-refractivity contribution in [2.24, 2.45) is 10.7 Å². The number of amides is 1. The van der Waals surface area contributed by atoms with Crippen LogP contribution in [-0.2, 0) is 0 Å². The Labute approximate surface area is 194 Å². The van der Waals surface area contributed by atoms with Gasteiger partial charge in [-0.2, -0.15) is 5.26 Å². The van der Waals surface area contributed by atoms with Crippen LogP contribution in [0.15, 0.2) is 46.3 Å². The van der Waals surface area contributed by atoms with Crippen molar-refractivity contribution in [2.45, 2.75) is 57.9 Å². The fraction of sp³-hybridized carbons (Fsp3) is 0.440. The molecule has 0 atom stereocenters. The molecule has 0 bridgehead atoms. The molecule has 8 nitrogen and oxygen atoms in total. The molecular formula is C25H32N6O2. The van der Waals surface area contributed by atoms with Gasteiger partial charge < -0.3 is 20.9 Å². The van der Waals surface area contributed by atoms with Gasteiger partial charge in [-0.3, -0.25) is 9.59 Å². The number of nitriles is 1. The van der Waals surface area contributed by atoms with E-state index in [9.17, 15) is 9.59 Å². The third kappa shape index (κ3) is 6.45. The van der Waals surface area contributed by atoms with Crippen LogP contribution in [-0.4, -0.2) is 40.8 Å². The van der Waals surface area contributed by atoms with E-state index in [0.29, 0.717) is 28.5 Å². The van der Waals surface area contributed by atoms with Gasteiger partial charge in [0.1, 0.15) is 11.4 Å². The first kappa shape index (κ1) is 24.1. The number of nitrogens with one attached hydrogen (secondary N) is 2. The Bertz CT molecular complexity index is 1060. The largest absolute Gasteiger partial charge is 0.383 e. The first-order valence-corrected chi connectivity index (χ1v) is 11.6. The van der Waals surface area contributed by atoms with Gasteiger partial charge in [-0.25, -0.2) is 4.99 Å². The number of carbonyl (C=O) groups excluding carboxylic acids is 1. The van der Waals surface area contributed by atoms with E-state index in [1.807, 2.05) is 11.0 Å². The maximum atomic E-state index is 12.5. The second-order valence-corrected chi connectivity index (χ2v) is 8.34. The topological polar surface area (TPSA) is 127 Å². The standard InChI is InChI=1S/C23H29N5O2.C2H3N/c24-21(20-19(12-13-25-22(20)29)26-17-6-2-1-3-7-17)27-18-10-8-16(9-11-18)23(30)28-14-4-5-15-28;1-2-3/h8-13,17H,1-7,14-15H2,(H2,24,27)(H2,25,26,29);1H3. The molecule has 8 heteroatoms. The highest BCUT2D eigenvalue weighted by molar-refractivity contribution is 6.03. The first-order chi connectivity index (χ1) is 16.0. The molecule has 1 saturated heterocycles. The van der Waals surface area contributed by atoms with Crippen molar-refractivity contribution in [1.82, 2.24) is 9.88 Å². The summed E-state index contributed by atoms with van der Waals surface area (Å²) in [5.74, 6) is 0.211. The van der Waals surface area contributed by atoms with E-state index in [1.165, 1.54) is 26.2 Å². The lowest BCUT2D eigenvalue weighted by molar-refractivity contribution is 0.0793. The molecule has 1 saturated carbocycles. The lowest BCUT2D eigenvalue weighted by atomic mass is 9.95. The van der Waals surface area contributed by atoms with Crippen LogP contribution in [0.4, 0.5) is 11.4 Å². The molecule has 1 aliphatic heterocycles. The predicted molar refractivity (Wildman–Crippen MR) is 131 cm³/mol. The molecular weight excluding hydrogens is 416 g/mol. The number of H-pyrrole nitrogens is 1. The number of likely N-dealkylation sites (tertiary alicyclic amines) is 1. The fourth-order valence-electron chi connectivity index (χ4n) is 4.30. The summed E-state index contributed by atoms with van der Waals surface area (Å²) in [4.78, 5) is 34.0. The minimum absolute atomic E-state index is 0.0504. The van der Waals surface area contributed by atoms with Gasteiger partial charge in [0.25, 0.3) is 11.5 Å². The molecule has 4 rings (SSSR count). The van der Waals surface area contributed by atoms with Gasteiger partial charge in [0.15, 0.2) is 0 Å². The molecule has 1 aromatic heterocycles. The Morgan fingerprint density at radius 1 is 1.12 bits per heavy atom. The van der Waals surface area contributed by atoms with E-state index in [-0.39, 0.29) is 17.3 Å². The predicted octanol–water partition coefficient (Wildman–Crippen LogP) is 3.92. The summed E-state index contributed by atoms with van der Waals surface area (Å²) in [7, 11) is 0. The lowest BCUT2D eigenvalue weighted by Crippen LogP contribution is -2.29. The summed E-state index contributed by atoms with van der Waals surface area (Å²) in [6.45, 7) is 3.07. The number of nitrogens with zero attached hydrogens (tertiary/aromatic N) is 3. The van der Waals surface area contributed by atoms with Gasteiger partial charge in [-0.15, -0.1) is 0 Å². The summed E-state index contributed by atoms with van der Waals surface area (Å²) in [5.41, 5.74) is 8.31. The summed E-state index contributed by atoms with van der Waals surface area (Å²) in [5, 5.41) is 10.8. The minimum Gasteiger partial charge on any atom is -0.383 e. The van der Waals surface area contributed by atoms with E-state index in [0.717, 1.165) is 38.8 Å². The Balaban J connectivity index is 0.000000968. The molecule has 4 N–H and O–H groups in total. The van der Waals surface area contributed by atoms with Crippen LogP contribution in [0.3, 0.4) is 0 Å². The van der Waals surface area contributed by atoms with Gasteiger partial charge in [0, 0.05) is 37.8 Å². The van der Waals surface area contributed by atoms with Gasteiger partial charge in [0.2, 0.25) is 0 Å². The first-order valence-electron chi connectivity index (χ1n) is 11.6. The molecule has 2 fully saturated rings. The number of hydrogen-bond donors (Lipinski definition) is 3. The average molecular weight is 449 g/mol. The van der Waals surface area contributed by atoms with Crippen LogP contribution in [0.25, 0.3) is 0 Å². The van der Waals surface area contributed by atoms with Crippen molar-refractivity contribution >= 4 is 23.1 Å². The fourth-order valence-corrected chi connectivity index (χ4v) is 4.30. The highest BCUT2D eigenvalue weighted by atomic mass is 16.2. The minimum atomic E-state index is -0.266. The Morgan fingerprint density at radius 3 is 2.39 bits per heavy atom. The van der Waals surface area contributed by atoms with Gasteiger partial charge in [-0.05, 0) is 56.0 Å². The highest BCUT2D eigenvalue weighted by Gasteiger charge is 2.20. The number of carbonyl (C=O) groups is 1. The third-order valence-corrected chi connectivity index (χ3v) is 5.94. The van der Waals surface area contributed by atoms with Crippen LogP contribution >= 0.6 is 0 Å². The van der Waals surface area contributed by atoms with Crippen LogP contribution in [0, 0.1) is 11.3 Å². The molecule has 0 unspecified atom stereocenters. The highest BCUT2D eigenvalue weighted by Crippen LogP contribution is 2.23. The molecule has 2 aromatic rings. The normalized spacial score (nSPS) is 16.5. The van der Waals surface area contributed by atoms with Crippen molar-refractivity contribution in [3.8, 4) is 6.07 Å². The Hall–Kier alpha value is -3.60. The molecule has 0 spiro atoms. The van der Waals surface area contributed by atoms with Crippen LogP contribution < -0.4 is 16.6 Å². The average Bonchev–Trinajstić information content (AvgIpc) is 3.35. The van der Waals surface area contributed by atoms with Crippen LogP contribution in [0.1, 0.15) is 67.8 Å². The molecule has 1 aromatic carbocycles. The number of hydrogen-bond acceptors (Lipinski definition) is 5. The maximum absolute atomic E-state index is 12.5. The summed E-state index contributed by atoms with van der Waals surface area (Å²) < 4.78 is 0. The van der Waals surface area contributed by atoms with E-state index in [1.54, 1.807) is 36.5 Å². The summed E-state index contributed by atoms with van der Waals surface area (Å²) in [6, 6.07) is 11.0. The smallest absolute Gasteiger partial charge is 0.261 e. The van der Waals surface area contributed by atoms with Crippen LogP contribution in [0.5, 0.6) is 0 Å². The van der Waals surface area contributed by atoms with Crippen molar-refractivity contribution < 1.29 is 4.79 Å². The quantitative estimate of drug-likeness (QED) is 0.472. The molecule has 1 aliphatic carbocycles. The molecule has 2 heterocycles. The van der Waals surface area contributed by atoms with Crippen molar-refractivity contribution in [3.63, 3.8) is 0 Å². The number of aliphatic imine (C=N–C) groups is 1. The van der Waals surface area contributed by atoms with E-state index in [4.69, 9.17) is 11.0 Å². The molecule has 0 radical (unpaired) electrons. The summed E-state index contributed by atoms with van der Waals surface area (Å²) in [6.07, 6.45) is 9.60. The van der Waals surface area contributed by atoms with E-state index < -0.39 is 0 Å². The Kier molecular flexibility index (Phi) is 8.64. The second-order valence-electron chi connectivity index (χ2n) is 8.34. The number of amidine groups is 1. The zero-order valence-electron chi connectivity index (χ0n) is 19.1. The SMILES string of the molecule is CC#N.NC(=Nc1ccc(C(=O)N2CCCC2)cc1)c1c(NC2CCCCC2)cc[nH]c1=O. The van der Waals surface area contributed by atoms with Gasteiger partial charge >= 0.3 is 0 Å². The second kappa shape index (κ2) is 11.9. The van der Waals surface area contributed by atoms with Crippen LogP contribution in [0.2, 0.25) is 0 Å². The molecule has 33 heavy (non-hydrogen) atoms. The van der Waals surface area contributed by atoms with Gasteiger partial charge in [-0.1, -0.05) is 19.3 Å². The van der Waals surface area contributed by atoms with Crippen molar-refractivity contribution in [2.75, 3.05) is 18.4 Å². The van der Waals surface area contributed by atoms with E-state index in [2.05, 4.69) is 15.3 Å². The van der Waals surface area contributed by atoms with E-state index >= 15 is 0 Å². The van der Waals surface area contributed by atoms with Crippen molar-refractivity contribution in [1.29, 1.82) is 5.26 Å². The Morgan fingerprint density at radius 2 is 1.76 bits per heavy atom. The summed E-state index contributed by atoms with van der Waals surface area (Å²) >= 11 is 0. The lowest BCUT2D eigenvalue weighted by Gasteiger charge is -2.24. The molecule has 2 aliphatic rings. The molecule has 1 amide bonds. The maximum Gasteiger partial charge on any atom is 0.261 e. The number of pyridine rings is 1. The monoisotopic (exact) mass is 448 g/mol. The van der Waals surface area contributed by atoms with Gasteiger partial charge in [0.05, 0.1) is 17.4 Å². The number of anilines is 1. The zero-order chi connectivity index (χ0) is 23.6. The number of aromatic amines is 1. The zero-order valence-corrected chi connectivity index (χ0v) is 19.1.